The molecule has 6 nitrogen and oxygen atoms in total. The van der Waals surface area contributed by atoms with Gasteiger partial charge in [0.25, 0.3) is 15.9 Å². The Morgan fingerprint density at radius 2 is 1.73 bits per heavy atom. The summed E-state index contributed by atoms with van der Waals surface area (Å²) < 4.78 is 39.2. The molecule has 0 aliphatic carbocycles. The number of hydrogen-bond acceptors (Lipinski definition) is 5. The van der Waals surface area contributed by atoms with E-state index in [0.29, 0.717) is 28.1 Å². The predicted molar refractivity (Wildman–Crippen MR) is 133 cm³/mol. The molecule has 3 aromatic rings. The van der Waals surface area contributed by atoms with Crippen LogP contribution in [-0.2, 0) is 14.8 Å². The van der Waals surface area contributed by atoms with Crippen molar-refractivity contribution in [1.29, 1.82) is 0 Å². The average molecular weight is 530 g/mol. The Balaban J connectivity index is 2.02. The van der Waals surface area contributed by atoms with Gasteiger partial charge in [0.15, 0.2) is 11.5 Å². The first-order valence-electron chi connectivity index (χ1n) is 10.2. The molecule has 0 saturated heterocycles. The highest BCUT2D eigenvalue weighted by Gasteiger charge is 2.29. The summed E-state index contributed by atoms with van der Waals surface area (Å²) in [6.45, 7) is 4.22. The SMILES string of the molecule is CCOc1c(Br)cc(/C=C/C(=O)N(c2ccc(C)cc2)S(=O)(=O)c2ccccc2)cc1OC. The van der Waals surface area contributed by atoms with Crippen molar-refractivity contribution in [2.45, 2.75) is 18.7 Å². The van der Waals surface area contributed by atoms with Crippen LogP contribution in [0.15, 0.2) is 82.2 Å². The Labute approximate surface area is 202 Å². The van der Waals surface area contributed by atoms with Crippen LogP contribution in [0.25, 0.3) is 6.08 Å². The summed E-state index contributed by atoms with van der Waals surface area (Å²) >= 11 is 3.45. The quantitative estimate of drug-likeness (QED) is 0.355. The third-order valence-corrected chi connectivity index (χ3v) is 7.04. The van der Waals surface area contributed by atoms with Crippen molar-refractivity contribution < 1.29 is 22.7 Å². The Morgan fingerprint density at radius 1 is 1.06 bits per heavy atom. The van der Waals surface area contributed by atoms with Crippen LogP contribution in [0, 0.1) is 6.92 Å². The minimum absolute atomic E-state index is 0.0257. The Bertz CT molecular complexity index is 1260. The van der Waals surface area contributed by atoms with Crippen LogP contribution in [0.4, 0.5) is 5.69 Å². The molecule has 0 N–H and O–H groups in total. The molecule has 0 radical (unpaired) electrons. The number of ether oxygens (including phenoxy) is 2. The summed E-state index contributed by atoms with van der Waals surface area (Å²) in [7, 11) is -2.60. The van der Waals surface area contributed by atoms with Crippen molar-refractivity contribution in [3.8, 4) is 11.5 Å². The van der Waals surface area contributed by atoms with Crippen LogP contribution >= 0.6 is 15.9 Å². The first-order chi connectivity index (χ1) is 15.8. The number of sulfonamides is 1. The number of hydrogen-bond donors (Lipinski definition) is 0. The van der Waals surface area contributed by atoms with Crippen molar-refractivity contribution in [3.63, 3.8) is 0 Å². The molecule has 8 heteroatoms. The van der Waals surface area contributed by atoms with Gasteiger partial charge < -0.3 is 9.47 Å². The maximum absolute atomic E-state index is 13.4. The third kappa shape index (κ3) is 5.64. The number of halogens is 1. The zero-order valence-corrected chi connectivity index (χ0v) is 20.9. The fraction of sp³-hybridized carbons (Fsp3) is 0.160. The number of anilines is 1. The molecule has 3 aromatic carbocycles. The third-order valence-electron chi connectivity index (χ3n) is 4.71. The molecule has 3 rings (SSSR count). The summed E-state index contributed by atoms with van der Waals surface area (Å²) in [5.74, 6) is 0.341. The van der Waals surface area contributed by atoms with Gasteiger partial charge in [-0.05, 0) is 77.8 Å². The van der Waals surface area contributed by atoms with E-state index < -0.39 is 15.9 Å². The maximum atomic E-state index is 13.4. The highest BCUT2D eigenvalue weighted by molar-refractivity contribution is 9.10. The summed E-state index contributed by atoms with van der Waals surface area (Å²) in [6, 6.07) is 18.1. The van der Waals surface area contributed by atoms with Gasteiger partial charge in [0.05, 0.1) is 28.8 Å². The lowest BCUT2D eigenvalue weighted by atomic mass is 10.2. The predicted octanol–water partition coefficient (Wildman–Crippen LogP) is 5.60. The van der Waals surface area contributed by atoms with Gasteiger partial charge in [0, 0.05) is 6.08 Å². The van der Waals surface area contributed by atoms with Crippen molar-refractivity contribution in [3.05, 3.63) is 88.4 Å². The van der Waals surface area contributed by atoms with Crippen LogP contribution in [-0.4, -0.2) is 28.0 Å². The molecule has 0 aromatic heterocycles. The Hall–Kier alpha value is -3.10. The van der Waals surface area contributed by atoms with Crippen LogP contribution < -0.4 is 13.8 Å². The molecule has 0 saturated carbocycles. The number of carbonyl (C=O) groups is 1. The van der Waals surface area contributed by atoms with E-state index in [1.54, 1.807) is 54.6 Å². The molecule has 0 heterocycles. The highest BCUT2D eigenvalue weighted by atomic mass is 79.9. The first-order valence-corrected chi connectivity index (χ1v) is 12.4. The van der Waals surface area contributed by atoms with E-state index in [9.17, 15) is 13.2 Å². The number of carbonyl (C=O) groups excluding carboxylic acids is 1. The fourth-order valence-corrected chi connectivity index (χ4v) is 5.10. The summed E-state index contributed by atoms with van der Waals surface area (Å²) in [5.41, 5.74) is 1.84. The van der Waals surface area contributed by atoms with E-state index in [1.165, 1.54) is 31.4 Å². The van der Waals surface area contributed by atoms with Crippen LogP contribution in [0.5, 0.6) is 11.5 Å². The second-order valence-corrected chi connectivity index (χ2v) is 9.70. The molecule has 0 unspecified atom stereocenters. The minimum atomic E-state index is -4.13. The number of amides is 1. The van der Waals surface area contributed by atoms with Crippen LogP contribution in [0.3, 0.4) is 0 Å². The molecule has 33 heavy (non-hydrogen) atoms. The van der Waals surface area contributed by atoms with Gasteiger partial charge >= 0.3 is 0 Å². The molecule has 0 aliphatic heterocycles. The zero-order chi connectivity index (χ0) is 24.0. The normalized spacial score (nSPS) is 11.4. The second kappa shape index (κ2) is 10.7. The van der Waals surface area contributed by atoms with Gasteiger partial charge in [-0.1, -0.05) is 35.9 Å². The van der Waals surface area contributed by atoms with E-state index in [-0.39, 0.29) is 10.6 Å². The molecule has 1 amide bonds. The summed E-state index contributed by atoms with van der Waals surface area (Å²) in [5, 5.41) is 0. The van der Waals surface area contributed by atoms with Crippen LogP contribution in [0.2, 0.25) is 0 Å². The second-order valence-electron chi connectivity index (χ2n) is 7.06. The van der Waals surface area contributed by atoms with Gasteiger partial charge in [-0.25, -0.2) is 8.42 Å². The lowest BCUT2D eigenvalue weighted by molar-refractivity contribution is -0.113. The summed E-state index contributed by atoms with van der Waals surface area (Å²) in [6.07, 6.45) is 2.76. The van der Waals surface area contributed by atoms with Crippen molar-refractivity contribution in [2.24, 2.45) is 0 Å². The molecule has 0 fully saturated rings. The smallest absolute Gasteiger partial charge is 0.271 e. The standard InChI is InChI=1S/C25H24BrNO5S/c1-4-32-25-22(26)16-19(17-23(25)31-3)12-15-24(28)27(20-13-10-18(2)11-14-20)33(29,30)21-8-6-5-7-9-21/h5-17H,4H2,1-3H3/b15-12+. The molecule has 0 bridgehead atoms. The van der Waals surface area contributed by atoms with Crippen molar-refractivity contribution in [2.75, 3.05) is 18.0 Å². The number of nitrogens with zero attached hydrogens (tertiary/aromatic N) is 1. The van der Waals surface area contributed by atoms with E-state index in [4.69, 9.17) is 9.47 Å². The number of rotatable bonds is 8. The molecule has 172 valence electrons. The van der Waals surface area contributed by atoms with Crippen molar-refractivity contribution >= 4 is 43.6 Å². The average Bonchev–Trinajstić information content (AvgIpc) is 2.81. The first kappa shape index (κ1) is 24.5. The number of aryl methyl sites for hydroxylation is 1. The molecule has 0 aliphatic rings. The van der Waals surface area contributed by atoms with Crippen molar-refractivity contribution in [1.82, 2.24) is 0 Å². The minimum Gasteiger partial charge on any atom is -0.493 e. The topological polar surface area (TPSA) is 72.9 Å². The lowest BCUT2D eigenvalue weighted by Gasteiger charge is -2.21. The maximum Gasteiger partial charge on any atom is 0.271 e. The molecule has 0 atom stereocenters. The Morgan fingerprint density at radius 3 is 2.33 bits per heavy atom. The van der Waals surface area contributed by atoms with Gasteiger partial charge in [-0.2, -0.15) is 4.31 Å². The van der Waals surface area contributed by atoms with E-state index in [1.807, 2.05) is 13.8 Å². The number of methoxy groups -OCH3 is 1. The zero-order valence-electron chi connectivity index (χ0n) is 18.5. The molecular weight excluding hydrogens is 506 g/mol. The van der Waals surface area contributed by atoms with Gasteiger partial charge in [0.1, 0.15) is 0 Å². The van der Waals surface area contributed by atoms with Gasteiger partial charge in [-0.15, -0.1) is 0 Å². The molecule has 0 spiro atoms. The van der Waals surface area contributed by atoms with E-state index in [0.717, 1.165) is 9.87 Å². The fourth-order valence-electron chi connectivity index (χ4n) is 3.12. The number of benzene rings is 3. The highest BCUT2D eigenvalue weighted by Crippen LogP contribution is 2.37. The summed E-state index contributed by atoms with van der Waals surface area (Å²) in [4.78, 5) is 13.2. The monoisotopic (exact) mass is 529 g/mol. The van der Waals surface area contributed by atoms with Crippen LogP contribution in [0.1, 0.15) is 18.1 Å². The lowest BCUT2D eigenvalue weighted by Crippen LogP contribution is -2.35. The van der Waals surface area contributed by atoms with E-state index in [2.05, 4.69) is 15.9 Å². The van der Waals surface area contributed by atoms with Gasteiger partial charge in [0.2, 0.25) is 0 Å². The molecular formula is C25H24BrNO5S. The van der Waals surface area contributed by atoms with Gasteiger partial charge in [-0.3, -0.25) is 4.79 Å². The Kier molecular flexibility index (Phi) is 7.94. The largest absolute Gasteiger partial charge is 0.493 e. The van der Waals surface area contributed by atoms with E-state index >= 15 is 0 Å².